The molecule has 0 saturated heterocycles. The molecule has 2 nitrogen and oxygen atoms in total. The summed E-state index contributed by atoms with van der Waals surface area (Å²) in [6, 6.07) is 23.0. The third-order valence-corrected chi connectivity index (χ3v) is 4.64. The van der Waals surface area contributed by atoms with Gasteiger partial charge in [-0.25, -0.2) is 0 Å². The molecule has 0 aliphatic rings. The predicted octanol–water partition coefficient (Wildman–Crippen LogP) is 6.44. The van der Waals surface area contributed by atoms with E-state index in [2.05, 4.69) is 38.0 Å². The minimum Gasteiger partial charge on any atom is -0.305 e. The smallest absolute Gasteiger partial charge is 0.0408 e. The number of pyridine rings is 2. The van der Waals surface area contributed by atoms with E-state index >= 15 is 0 Å². The van der Waals surface area contributed by atoms with Gasteiger partial charge >= 0.3 is 0 Å². The van der Waals surface area contributed by atoms with Crippen LogP contribution in [0, 0.1) is 30.7 Å². The minimum atomic E-state index is -0.658. The van der Waals surface area contributed by atoms with Gasteiger partial charge in [-0.05, 0) is 45.9 Å². The molecule has 4 rings (SSSR count). The summed E-state index contributed by atoms with van der Waals surface area (Å²) in [5.41, 5.74) is 3.56. The molecule has 0 aliphatic carbocycles. The fourth-order valence-corrected chi connectivity index (χ4v) is 2.61. The molecule has 0 unspecified atom stereocenters. The van der Waals surface area contributed by atoms with E-state index in [0.29, 0.717) is 5.69 Å². The molecular formula is C23H15BrF2IrN2-2. The van der Waals surface area contributed by atoms with Crippen molar-refractivity contribution in [1.29, 1.82) is 0 Å². The first-order chi connectivity index (χ1) is 13.5. The zero-order valence-corrected chi connectivity index (χ0v) is 19.3. The molecule has 0 spiro atoms. The molecule has 6 heteroatoms. The van der Waals surface area contributed by atoms with Gasteiger partial charge in [0.25, 0.3) is 0 Å². The van der Waals surface area contributed by atoms with Gasteiger partial charge in [0, 0.05) is 48.6 Å². The van der Waals surface area contributed by atoms with Crippen molar-refractivity contribution in [3.05, 3.63) is 107 Å². The summed E-state index contributed by atoms with van der Waals surface area (Å²) in [6.45, 7) is 1.87. The van der Waals surface area contributed by atoms with E-state index in [1.807, 2.05) is 49.4 Å². The van der Waals surface area contributed by atoms with Crippen molar-refractivity contribution in [2.45, 2.75) is 6.92 Å². The molecule has 1 radical (unpaired) electrons. The van der Waals surface area contributed by atoms with Crippen LogP contribution in [0.5, 0.6) is 0 Å². The van der Waals surface area contributed by atoms with E-state index in [4.69, 9.17) is 0 Å². The minimum absolute atomic E-state index is 0. The van der Waals surface area contributed by atoms with Crippen LogP contribution in [0.2, 0.25) is 0 Å². The van der Waals surface area contributed by atoms with Crippen LogP contribution in [0.25, 0.3) is 22.5 Å². The predicted molar refractivity (Wildman–Crippen MR) is 109 cm³/mol. The summed E-state index contributed by atoms with van der Waals surface area (Å²) < 4.78 is 27.0. The van der Waals surface area contributed by atoms with E-state index in [0.717, 1.165) is 33.4 Å². The van der Waals surface area contributed by atoms with Crippen LogP contribution in [0.3, 0.4) is 0 Å². The van der Waals surface area contributed by atoms with E-state index in [1.165, 1.54) is 0 Å². The second-order valence-electron chi connectivity index (χ2n) is 5.85. The van der Waals surface area contributed by atoms with Crippen LogP contribution in [-0.4, -0.2) is 9.97 Å². The molecule has 0 amide bonds. The Morgan fingerprint density at radius 2 is 1.72 bits per heavy atom. The Morgan fingerprint density at radius 1 is 0.931 bits per heavy atom. The van der Waals surface area contributed by atoms with Gasteiger partial charge in [0.15, 0.2) is 0 Å². The number of halogens is 3. The van der Waals surface area contributed by atoms with Gasteiger partial charge in [-0.1, -0.05) is 29.8 Å². The van der Waals surface area contributed by atoms with Gasteiger partial charge in [0.05, 0.1) is 0 Å². The monoisotopic (exact) mass is 629 g/mol. The first-order valence-corrected chi connectivity index (χ1v) is 9.21. The summed E-state index contributed by atoms with van der Waals surface area (Å²) >= 11 is 3.31. The first-order valence-electron chi connectivity index (χ1n) is 8.42. The first kappa shape index (κ1) is 23.0. The normalized spacial score (nSPS) is 9.79. The summed E-state index contributed by atoms with van der Waals surface area (Å²) in [6.07, 6.45) is 3.37. The zero-order chi connectivity index (χ0) is 19.9. The Morgan fingerprint density at radius 3 is 2.34 bits per heavy atom. The van der Waals surface area contributed by atoms with Gasteiger partial charge in [0.2, 0.25) is 0 Å². The van der Waals surface area contributed by atoms with Gasteiger partial charge in [-0.15, -0.1) is 48.0 Å². The Labute approximate surface area is 190 Å². The summed E-state index contributed by atoms with van der Waals surface area (Å²) in [4.78, 5) is 8.28. The van der Waals surface area contributed by atoms with Crippen LogP contribution in [0.1, 0.15) is 5.56 Å². The van der Waals surface area contributed by atoms with Crippen LogP contribution < -0.4 is 0 Å². The fourth-order valence-electron chi connectivity index (χ4n) is 2.39. The van der Waals surface area contributed by atoms with Gasteiger partial charge in [-0.2, -0.15) is 0 Å². The summed E-state index contributed by atoms with van der Waals surface area (Å²) in [7, 11) is 0. The maximum atomic E-state index is 13.4. The SMILES string of the molecule is Cc1cc(-c2[c-]cc(F)cc2F)ncc1Br.[Ir].[c-]1ccccc1-c1ccccn1. The molecule has 29 heavy (non-hydrogen) atoms. The second kappa shape index (κ2) is 11.1. The van der Waals surface area contributed by atoms with Crippen molar-refractivity contribution in [3.8, 4) is 22.5 Å². The molecular weight excluding hydrogens is 614 g/mol. The van der Waals surface area contributed by atoms with E-state index in [1.54, 1.807) is 18.5 Å². The molecule has 0 N–H and O–H groups in total. The third kappa shape index (κ3) is 6.36. The van der Waals surface area contributed by atoms with Crippen molar-refractivity contribution in [3.63, 3.8) is 0 Å². The molecule has 0 saturated carbocycles. The van der Waals surface area contributed by atoms with Crippen molar-refractivity contribution < 1.29 is 28.9 Å². The second-order valence-corrected chi connectivity index (χ2v) is 6.71. The fraction of sp³-hybridized carbons (Fsp3) is 0.0435. The summed E-state index contributed by atoms with van der Waals surface area (Å²) in [5.74, 6) is -1.30. The number of hydrogen-bond donors (Lipinski definition) is 0. The molecule has 2 aromatic carbocycles. The van der Waals surface area contributed by atoms with Gasteiger partial charge in [0.1, 0.15) is 0 Å². The number of aromatic nitrogens is 2. The summed E-state index contributed by atoms with van der Waals surface area (Å²) in [5, 5.41) is 0. The average Bonchev–Trinajstić information content (AvgIpc) is 2.72. The van der Waals surface area contributed by atoms with Crippen molar-refractivity contribution >= 4 is 15.9 Å². The van der Waals surface area contributed by atoms with Crippen molar-refractivity contribution in [2.75, 3.05) is 0 Å². The Kier molecular flexibility index (Phi) is 8.77. The van der Waals surface area contributed by atoms with Crippen LogP contribution in [0.15, 0.2) is 77.5 Å². The standard InChI is InChI=1S/C12H7BrF2N.C11H8N.Ir/c1-7-4-12(16-6-10(7)13)9-3-2-8(14)5-11(9)15;1-2-6-10(7-3-1)11-8-4-5-9-12-11;/h2,4-6H,1H3;1-6,8-9H;/q2*-1;. The molecule has 0 atom stereocenters. The average molecular weight is 630 g/mol. The van der Waals surface area contributed by atoms with Crippen LogP contribution in [-0.2, 0) is 20.1 Å². The van der Waals surface area contributed by atoms with Crippen molar-refractivity contribution in [1.82, 2.24) is 9.97 Å². The molecule has 4 aromatic rings. The number of aryl methyl sites for hydroxylation is 1. The topological polar surface area (TPSA) is 25.8 Å². The number of benzene rings is 2. The largest absolute Gasteiger partial charge is 0.305 e. The molecule has 0 aliphatic heterocycles. The number of hydrogen-bond acceptors (Lipinski definition) is 2. The molecule has 2 heterocycles. The van der Waals surface area contributed by atoms with Crippen LogP contribution >= 0.6 is 15.9 Å². The molecule has 0 bridgehead atoms. The molecule has 2 aromatic heterocycles. The van der Waals surface area contributed by atoms with E-state index in [-0.39, 0.29) is 25.7 Å². The Hall–Kier alpha value is -2.27. The maximum absolute atomic E-state index is 13.4. The Bertz CT molecular complexity index is 1020. The van der Waals surface area contributed by atoms with Gasteiger partial charge < -0.3 is 9.97 Å². The van der Waals surface area contributed by atoms with Crippen LogP contribution in [0.4, 0.5) is 8.78 Å². The van der Waals surface area contributed by atoms with E-state index < -0.39 is 11.6 Å². The number of rotatable bonds is 2. The molecule has 149 valence electrons. The maximum Gasteiger partial charge on any atom is 0.0408 e. The Balaban J connectivity index is 0.000000207. The zero-order valence-electron chi connectivity index (χ0n) is 15.3. The van der Waals surface area contributed by atoms with E-state index in [9.17, 15) is 8.78 Å². The van der Waals surface area contributed by atoms with Gasteiger partial charge in [-0.3, -0.25) is 8.78 Å². The van der Waals surface area contributed by atoms with Crippen molar-refractivity contribution in [2.24, 2.45) is 0 Å². The quantitative estimate of drug-likeness (QED) is 0.239. The third-order valence-electron chi connectivity index (χ3n) is 3.81. The molecule has 0 fully saturated rings. The number of nitrogens with zero attached hydrogens (tertiary/aromatic N) is 2.